The summed E-state index contributed by atoms with van der Waals surface area (Å²) in [7, 11) is 6.98. The molecular weight excluding hydrogens is 158 g/mol. The summed E-state index contributed by atoms with van der Waals surface area (Å²) in [6, 6.07) is 0. The van der Waals surface area contributed by atoms with Gasteiger partial charge in [0.2, 0.25) is 0 Å². The molecule has 3 rings (SSSR count). The van der Waals surface area contributed by atoms with E-state index in [4.69, 9.17) is 0 Å². The molecule has 1 heteroatoms. The lowest BCUT2D eigenvalue weighted by Gasteiger charge is -2.43. The second-order valence-electron chi connectivity index (χ2n) is 6.48. The average Bonchev–Trinajstić information content (AvgIpc) is 2.71. The maximum absolute atomic E-state index is 2.59. The summed E-state index contributed by atoms with van der Waals surface area (Å²) in [5, 5.41) is 0. The number of hydrogen-bond acceptors (Lipinski definition) is 0. The van der Waals surface area contributed by atoms with Crippen LogP contribution in [-0.4, -0.2) is 31.2 Å². The van der Waals surface area contributed by atoms with Gasteiger partial charge in [0, 0.05) is 6.42 Å². The second-order valence-corrected chi connectivity index (χ2v) is 6.48. The second kappa shape index (κ2) is 1.75. The van der Waals surface area contributed by atoms with E-state index in [1.54, 1.807) is 5.57 Å². The maximum Gasteiger partial charge on any atom is 0.115 e. The van der Waals surface area contributed by atoms with Crippen LogP contribution in [0.3, 0.4) is 0 Å². The average molecular weight is 178 g/mol. The minimum atomic E-state index is 0.413. The van der Waals surface area contributed by atoms with Crippen LogP contribution in [0.15, 0.2) is 11.6 Å². The van der Waals surface area contributed by atoms with Crippen LogP contribution in [0.4, 0.5) is 0 Å². The molecule has 0 saturated heterocycles. The van der Waals surface area contributed by atoms with Gasteiger partial charge in [-0.05, 0) is 37.2 Å². The van der Waals surface area contributed by atoms with Crippen LogP contribution in [0.1, 0.15) is 26.2 Å². The zero-order valence-corrected chi connectivity index (χ0v) is 9.22. The van der Waals surface area contributed by atoms with E-state index >= 15 is 0 Å². The van der Waals surface area contributed by atoms with Crippen LogP contribution in [0.5, 0.6) is 0 Å². The Hall–Kier alpha value is -0.300. The molecule has 1 nitrogen and oxygen atoms in total. The monoisotopic (exact) mass is 178 g/mol. The Morgan fingerprint density at radius 2 is 2.00 bits per heavy atom. The van der Waals surface area contributed by atoms with E-state index in [0.717, 1.165) is 15.8 Å². The van der Waals surface area contributed by atoms with Crippen molar-refractivity contribution in [2.45, 2.75) is 31.7 Å². The number of hydrogen-bond donors (Lipinski definition) is 0. The van der Waals surface area contributed by atoms with Crippen LogP contribution >= 0.6 is 0 Å². The fourth-order valence-electron chi connectivity index (χ4n) is 3.15. The van der Waals surface area contributed by atoms with Crippen molar-refractivity contribution in [2.24, 2.45) is 11.3 Å². The van der Waals surface area contributed by atoms with Gasteiger partial charge in [0.15, 0.2) is 0 Å². The molecule has 0 aromatic heterocycles. The number of allylic oxidation sites excluding steroid dienone is 1. The number of nitrogens with zero attached hydrogens (tertiary/aromatic N) is 1. The zero-order chi connectivity index (χ0) is 9.48. The van der Waals surface area contributed by atoms with E-state index in [1.807, 2.05) is 0 Å². The normalized spacial score (nSPS) is 52.0. The topological polar surface area (TPSA) is 0 Å². The Labute approximate surface area is 81.0 Å². The van der Waals surface area contributed by atoms with Crippen LogP contribution in [0.2, 0.25) is 0 Å². The number of quaternary nitrogens is 1. The van der Waals surface area contributed by atoms with Crippen molar-refractivity contribution in [3.63, 3.8) is 0 Å². The van der Waals surface area contributed by atoms with Gasteiger partial charge in [-0.3, -0.25) is 0 Å². The Morgan fingerprint density at radius 1 is 1.31 bits per heavy atom. The quantitative estimate of drug-likeness (QED) is 0.426. The molecule has 3 atom stereocenters. The number of rotatable bonds is 1. The van der Waals surface area contributed by atoms with Crippen molar-refractivity contribution in [3.8, 4) is 0 Å². The predicted octanol–water partition coefficient (Wildman–Crippen LogP) is 2.19. The molecule has 3 unspecified atom stereocenters. The van der Waals surface area contributed by atoms with Crippen molar-refractivity contribution >= 4 is 0 Å². The highest BCUT2D eigenvalue weighted by atomic mass is 15.3. The van der Waals surface area contributed by atoms with Gasteiger partial charge < -0.3 is 4.48 Å². The van der Waals surface area contributed by atoms with Crippen molar-refractivity contribution in [3.05, 3.63) is 11.6 Å². The molecular formula is C12H20N+. The Balaban J connectivity index is 1.99. The largest absolute Gasteiger partial charge is 0.323 e. The summed E-state index contributed by atoms with van der Waals surface area (Å²) in [6.07, 6.45) is 6.96. The van der Waals surface area contributed by atoms with E-state index in [1.165, 1.54) is 19.3 Å². The third-order valence-electron chi connectivity index (χ3n) is 4.93. The van der Waals surface area contributed by atoms with Gasteiger partial charge >= 0.3 is 0 Å². The zero-order valence-electron chi connectivity index (χ0n) is 9.22. The summed E-state index contributed by atoms with van der Waals surface area (Å²) in [4.78, 5) is 0. The van der Waals surface area contributed by atoms with Gasteiger partial charge in [-0.2, -0.15) is 0 Å². The predicted molar refractivity (Wildman–Crippen MR) is 54.3 cm³/mol. The smallest absolute Gasteiger partial charge is 0.115 e. The highest BCUT2D eigenvalue weighted by Gasteiger charge is 2.71. The van der Waals surface area contributed by atoms with Crippen LogP contribution in [0.25, 0.3) is 0 Å². The lowest BCUT2D eigenvalue weighted by Crippen LogP contribution is -2.54. The molecule has 0 aliphatic heterocycles. The first-order valence-electron chi connectivity index (χ1n) is 5.41. The van der Waals surface area contributed by atoms with E-state index in [2.05, 4.69) is 34.1 Å². The first-order valence-corrected chi connectivity index (χ1v) is 5.41. The molecule has 0 heterocycles. The SMILES string of the molecule is CC1([N+](C)(C)C)C=C2CC23CC3C1. The standard InChI is InChI=1S/C12H20N/c1-11(13(2,3)4)5-9-7-12(9)8-10(12)6-11/h5,10H,6-8H2,1-4H3/q+1. The summed E-state index contributed by atoms with van der Waals surface area (Å²) < 4.78 is 1.09. The molecule has 72 valence electrons. The van der Waals surface area contributed by atoms with Gasteiger partial charge in [0.1, 0.15) is 5.54 Å². The van der Waals surface area contributed by atoms with Crippen LogP contribution in [0, 0.1) is 11.3 Å². The van der Waals surface area contributed by atoms with Gasteiger partial charge in [0.05, 0.1) is 21.1 Å². The summed E-state index contributed by atoms with van der Waals surface area (Å²) in [5.41, 5.74) is 2.99. The van der Waals surface area contributed by atoms with Gasteiger partial charge in [-0.25, -0.2) is 0 Å². The molecule has 0 radical (unpaired) electrons. The molecule has 0 N–H and O–H groups in total. The summed E-state index contributed by atoms with van der Waals surface area (Å²) in [6.45, 7) is 2.43. The van der Waals surface area contributed by atoms with Crippen molar-refractivity contribution in [1.82, 2.24) is 0 Å². The van der Waals surface area contributed by atoms with Crippen molar-refractivity contribution < 1.29 is 4.48 Å². The van der Waals surface area contributed by atoms with Crippen LogP contribution in [-0.2, 0) is 0 Å². The fourth-order valence-corrected chi connectivity index (χ4v) is 3.15. The molecule has 2 fully saturated rings. The Bertz CT molecular complexity index is 310. The fraction of sp³-hybridized carbons (Fsp3) is 0.833. The molecule has 3 aliphatic carbocycles. The maximum atomic E-state index is 2.59. The van der Waals surface area contributed by atoms with Gasteiger partial charge in [-0.15, -0.1) is 0 Å². The third kappa shape index (κ3) is 0.817. The lowest BCUT2D eigenvalue weighted by atomic mass is 9.86. The molecule has 3 aliphatic rings. The van der Waals surface area contributed by atoms with E-state index in [0.29, 0.717) is 5.54 Å². The molecule has 2 saturated carbocycles. The Morgan fingerprint density at radius 3 is 2.54 bits per heavy atom. The first kappa shape index (κ1) is 8.05. The molecule has 0 aromatic rings. The molecule has 13 heavy (non-hydrogen) atoms. The van der Waals surface area contributed by atoms with E-state index in [-0.39, 0.29) is 0 Å². The minimum absolute atomic E-state index is 0.413. The highest BCUT2D eigenvalue weighted by molar-refractivity contribution is 5.46. The minimum Gasteiger partial charge on any atom is -0.323 e. The van der Waals surface area contributed by atoms with Gasteiger partial charge in [-0.1, -0.05) is 5.57 Å². The Kier molecular flexibility index (Phi) is 1.08. The molecule has 0 bridgehead atoms. The molecule has 1 spiro atoms. The molecule has 0 amide bonds. The van der Waals surface area contributed by atoms with Crippen molar-refractivity contribution in [2.75, 3.05) is 21.1 Å². The molecule has 0 aromatic carbocycles. The third-order valence-corrected chi connectivity index (χ3v) is 4.93. The first-order chi connectivity index (χ1) is 5.87. The van der Waals surface area contributed by atoms with Crippen molar-refractivity contribution in [1.29, 1.82) is 0 Å². The summed E-state index contributed by atoms with van der Waals surface area (Å²) in [5.74, 6) is 1.05. The van der Waals surface area contributed by atoms with Crippen LogP contribution < -0.4 is 0 Å². The van der Waals surface area contributed by atoms with E-state index < -0.39 is 0 Å². The van der Waals surface area contributed by atoms with E-state index in [9.17, 15) is 0 Å². The number of likely N-dealkylation sites (N-methyl/N-ethyl adjacent to an activating group) is 1. The lowest BCUT2D eigenvalue weighted by molar-refractivity contribution is -0.914. The summed E-state index contributed by atoms with van der Waals surface area (Å²) >= 11 is 0. The highest BCUT2D eigenvalue weighted by Crippen LogP contribution is 2.78. The van der Waals surface area contributed by atoms with Gasteiger partial charge in [0.25, 0.3) is 0 Å².